The number of morpholine rings is 1. The van der Waals surface area contributed by atoms with E-state index in [1.807, 2.05) is 32.0 Å². The summed E-state index contributed by atoms with van der Waals surface area (Å²) in [6, 6.07) is 5.21. The van der Waals surface area contributed by atoms with E-state index in [4.69, 9.17) is 9.47 Å². The lowest BCUT2D eigenvalue weighted by Gasteiger charge is -2.29. The summed E-state index contributed by atoms with van der Waals surface area (Å²) in [5.74, 6) is -0.425. The number of hydrogen-bond acceptors (Lipinski definition) is 4. The van der Waals surface area contributed by atoms with Gasteiger partial charge >= 0.3 is 12.0 Å². The van der Waals surface area contributed by atoms with Crippen LogP contribution in [0.3, 0.4) is 0 Å². The van der Waals surface area contributed by atoms with Gasteiger partial charge in [-0.05, 0) is 25.0 Å². The van der Waals surface area contributed by atoms with Crippen LogP contribution in [-0.4, -0.2) is 65.0 Å². The number of carbonyl (C=O) groups is 2. The molecule has 2 amide bonds. The number of amides is 2. The molecule has 1 aromatic rings. The highest BCUT2D eigenvalue weighted by Crippen LogP contribution is 2.30. The molecule has 2 aliphatic heterocycles. The van der Waals surface area contributed by atoms with Gasteiger partial charge in [0.1, 0.15) is 32.7 Å². The van der Waals surface area contributed by atoms with Crippen LogP contribution in [0, 0.1) is 13.8 Å². The van der Waals surface area contributed by atoms with Gasteiger partial charge in [0, 0.05) is 0 Å². The van der Waals surface area contributed by atoms with Gasteiger partial charge in [-0.25, -0.2) is 9.59 Å². The maximum atomic E-state index is 12.6. The van der Waals surface area contributed by atoms with Gasteiger partial charge < -0.3 is 30.3 Å². The van der Waals surface area contributed by atoms with Gasteiger partial charge in [0.05, 0.1) is 37.6 Å². The number of quaternary nitrogens is 2. The Morgan fingerprint density at radius 3 is 2.79 bits per heavy atom. The zero-order valence-electron chi connectivity index (χ0n) is 17.5. The lowest BCUT2D eigenvalue weighted by Crippen LogP contribution is -3.16. The second-order valence-electron chi connectivity index (χ2n) is 7.67. The second kappa shape index (κ2) is 9.87. The molecule has 0 radical (unpaired) electrons. The first-order chi connectivity index (χ1) is 14.0. The van der Waals surface area contributed by atoms with E-state index < -0.39 is 12.0 Å². The number of carbonyl (C=O) groups excluding carboxylic acids is 2. The minimum atomic E-state index is -0.524. The van der Waals surface area contributed by atoms with Gasteiger partial charge in [0.25, 0.3) is 0 Å². The highest BCUT2D eigenvalue weighted by Gasteiger charge is 2.34. The maximum Gasteiger partial charge on any atom is 0.338 e. The topological polar surface area (TPSA) is 97.7 Å². The molecule has 0 spiro atoms. The molecule has 0 aliphatic carbocycles. The minimum Gasteiger partial charge on any atom is -0.466 e. The van der Waals surface area contributed by atoms with Crippen molar-refractivity contribution in [3.8, 4) is 0 Å². The third kappa shape index (κ3) is 5.35. The molecule has 1 aromatic carbocycles. The molecule has 3 rings (SSSR count). The summed E-state index contributed by atoms with van der Waals surface area (Å²) in [6.45, 7) is 10.1. The smallest absolute Gasteiger partial charge is 0.338 e. The molecule has 1 atom stereocenters. The summed E-state index contributed by atoms with van der Waals surface area (Å²) >= 11 is 0. The van der Waals surface area contributed by atoms with E-state index in [0.29, 0.717) is 17.8 Å². The van der Waals surface area contributed by atoms with Crippen LogP contribution in [0.5, 0.6) is 0 Å². The van der Waals surface area contributed by atoms with Crippen molar-refractivity contribution in [1.82, 2.24) is 10.6 Å². The summed E-state index contributed by atoms with van der Waals surface area (Å²) in [6.07, 6.45) is 0. The van der Waals surface area contributed by atoms with Crippen molar-refractivity contribution < 1.29 is 29.3 Å². The first-order valence-electron chi connectivity index (χ1n) is 10.2. The summed E-state index contributed by atoms with van der Waals surface area (Å²) < 4.78 is 10.5. The molecule has 8 nitrogen and oxygen atoms in total. The molecule has 0 unspecified atom stereocenters. The number of ether oxygens (including phenoxy) is 2. The Morgan fingerprint density at radius 2 is 2.07 bits per heavy atom. The van der Waals surface area contributed by atoms with Gasteiger partial charge in [-0.2, -0.15) is 0 Å². The number of aryl methyl sites for hydroxylation is 2. The maximum absolute atomic E-state index is 12.6. The average molecular weight is 405 g/mol. The van der Waals surface area contributed by atoms with Gasteiger partial charge in [-0.3, -0.25) is 0 Å². The Labute approximate surface area is 171 Å². The monoisotopic (exact) mass is 404 g/mol. The highest BCUT2D eigenvalue weighted by atomic mass is 16.5. The fraction of sp³-hybridized carbons (Fsp3) is 0.524. The highest BCUT2D eigenvalue weighted by molar-refractivity contribution is 5.95. The lowest BCUT2D eigenvalue weighted by molar-refractivity contribution is -0.919. The Balaban J connectivity index is 1.78. The molecule has 8 heteroatoms. The fourth-order valence-corrected chi connectivity index (χ4v) is 3.90. The predicted molar refractivity (Wildman–Crippen MR) is 107 cm³/mol. The van der Waals surface area contributed by atoms with Crippen molar-refractivity contribution in [2.24, 2.45) is 0 Å². The molecule has 29 heavy (non-hydrogen) atoms. The molecule has 5 N–H and O–H groups in total. The van der Waals surface area contributed by atoms with Crippen molar-refractivity contribution in [3.63, 3.8) is 0 Å². The number of esters is 1. The van der Waals surface area contributed by atoms with E-state index in [1.54, 1.807) is 0 Å². The summed E-state index contributed by atoms with van der Waals surface area (Å²) in [7, 11) is 1.37. The zero-order chi connectivity index (χ0) is 20.8. The number of benzene rings is 1. The normalized spacial score (nSPS) is 20.2. The summed E-state index contributed by atoms with van der Waals surface area (Å²) in [4.78, 5) is 26.5. The molecule has 0 bridgehead atoms. The molecular formula is C21H32N4O4+2. The van der Waals surface area contributed by atoms with Crippen molar-refractivity contribution in [1.29, 1.82) is 0 Å². The Kier molecular flexibility index (Phi) is 7.24. The van der Waals surface area contributed by atoms with Crippen LogP contribution in [0.25, 0.3) is 0 Å². The molecular weight excluding hydrogens is 372 g/mol. The summed E-state index contributed by atoms with van der Waals surface area (Å²) in [5, 5.41) is 7.85. The van der Waals surface area contributed by atoms with E-state index in [2.05, 4.69) is 16.0 Å². The van der Waals surface area contributed by atoms with Crippen molar-refractivity contribution in [3.05, 3.63) is 46.2 Å². The van der Waals surface area contributed by atoms with E-state index in [0.717, 1.165) is 56.1 Å². The van der Waals surface area contributed by atoms with Crippen LogP contribution < -0.4 is 20.9 Å². The molecule has 1 fully saturated rings. The van der Waals surface area contributed by atoms with Gasteiger partial charge in [-0.1, -0.05) is 23.8 Å². The Hall–Kier alpha value is -2.42. The van der Waals surface area contributed by atoms with Gasteiger partial charge in [0.15, 0.2) is 0 Å². The van der Waals surface area contributed by atoms with Crippen molar-refractivity contribution in [2.45, 2.75) is 19.9 Å². The van der Waals surface area contributed by atoms with Gasteiger partial charge in [0.2, 0.25) is 0 Å². The minimum absolute atomic E-state index is 0.300. The second-order valence-corrected chi connectivity index (χ2v) is 7.67. The van der Waals surface area contributed by atoms with Crippen LogP contribution >= 0.6 is 0 Å². The molecule has 2 heterocycles. The quantitative estimate of drug-likeness (QED) is 0.331. The molecule has 158 valence electrons. The predicted octanol–water partition coefficient (Wildman–Crippen LogP) is -1.44. The number of rotatable bonds is 7. The van der Waals surface area contributed by atoms with Crippen LogP contribution in [0.15, 0.2) is 29.5 Å². The van der Waals surface area contributed by atoms with Gasteiger partial charge in [-0.15, -0.1) is 0 Å². The first-order valence-corrected chi connectivity index (χ1v) is 10.2. The van der Waals surface area contributed by atoms with Crippen LogP contribution in [-0.2, 0) is 14.3 Å². The molecule has 0 aromatic heterocycles. The number of methoxy groups -OCH3 is 1. The summed E-state index contributed by atoms with van der Waals surface area (Å²) in [5.41, 5.74) is 4.09. The van der Waals surface area contributed by atoms with Crippen LogP contribution in [0.1, 0.15) is 22.7 Å². The standard InChI is InChI=1S/C21H30N4O4/c1-14-4-5-15(2)16(12-14)19-18(20(26)28-3)17(23-21(27)24-19)13-22-6-7-25-8-10-29-11-9-25/h4-5,12,19,22H,6-11,13H2,1-3H3,(H2,23,24,27)/p+2/t19-/m1/s1. The van der Waals surface area contributed by atoms with E-state index in [-0.39, 0.29) is 6.03 Å². The number of nitrogens with one attached hydrogen (secondary N) is 3. The Bertz CT molecular complexity index is 787. The lowest BCUT2D eigenvalue weighted by atomic mass is 9.91. The number of hydrogen-bond donors (Lipinski definition) is 4. The van der Waals surface area contributed by atoms with E-state index >= 15 is 0 Å². The third-order valence-electron chi connectivity index (χ3n) is 5.56. The van der Waals surface area contributed by atoms with Crippen LogP contribution in [0.4, 0.5) is 4.79 Å². The molecule has 2 aliphatic rings. The molecule has 1 saturated heterocycles. The SMILES string of the molecule is COC(=O)C1=C(C[NH2+]CC[NH+]2CCOCC2)NC(=O)N[C@@H]1c1cc(C)ccc1C. The van der Waals surface area contributed by atoms with E-state index in [1.165, 1.54) is 12.0 Å². The Morgan fingerprint density at radius 1 is 1.31 bits per heavy atom. The van der Waals surface area contributed by atoms with Crippen molar-refractivity contribution in [2.75, 3.05) is 53.0 Å². The van der Waals surface area contributed by atoms with Crippen LogP contribution in [0.2, 0.25) is 0 Å². The third-order valence-corrected chi connectivity index (χ3v) is 5.56. The number of urea groups is 1. The zero-order valence-corrected chi connectivity index (χ0v) is 17.5. The average Bonchev–Trinajstić information content (AvgIpc) is 2.72. The largest absolute Gasteiger partial charge is 0.466 e. The number of nitrogens with two attached hydrogens (primary N) is 1. The molecule has 0 saturated carbocycles. The van der Waals surface area contributed by atoms with E-state index in [9.17, 15) is 9.59 Å². The first kappa shape index (κ1) is 21.3. The fourth-order valence-electron chi connectivity index (χ4n) is 3.90. The van der Waals surface area contributed by atoms with Crippen molar-refractivity contribution >= 4 is 12.0 Å².